The molecule has 5 atom stereocenters. The van der Waals surface area contributed by atoms with Crippen LogP contribution in [-0.4, -0.2) is 93.1 Å². The third-order valence-electron chi connectivity index (χ3n) is 11.6. The van der Waals surface area contributed by atoms with E-state index in [1.54, 1.807) is 23.4 Å². The second-order valence-corrected chi connectivity index (χ2v) is 15.6. The molecule has 3 aliphatic rings. The minimum absolute atomic E-state index is 0.0825. The highest BCUT2D eigenvalue weighted by Gasteiger charge is 2.39. The van der Waals surface area contributed by atoms with Crippen molar-refractivity contribution in [1.82, 2.24) is 40.4 Å². The van der Waals surface area contributed by atoms with Crippen LogP contribution < -0.4 is 15.4 Å². The lowest BCUT2D eigenvalue weighted by Crippen LogP contribution is -2.51. The van der Waals surface area contributed by atoms with E-state index in [1.807, 2.05) is 50.8 Å². The molecule has 16 heteroatoms. The van der Waals surface area contributed by atoms with Gasteiger partial charge in [-0.3, -0.25) is 9.59 Å². The molecule has 3 aliphatic heterocycles. The second-order valence-electron chi connectivity index (χ2n) is 15.6. The third-order valence-corrected chi connectivity index (χ3v) is 11.6. The normalized spacial score (nSPS) is 18.8. The summed E-state index contributed by atoms with van der Waals surface area (Å²) in [6.07, 6.45) is 6.17. The number of ether oxygens (including phenoxy) is 3. The van der Waals surface area contributed by atoms with Crippen LogP contribution in [0.5, 0.6) is 11.5 Å². The van der Waals surface area contributed by atoms with Gasteiger partial charge in [-0.1, -0.05) is 34.1 Å². The van der Waals surface area contributed by atoms with Crippen molar-refractivity contribution in [3.05, 3.63) is 71.2 Å². The summed E-state index contributed by atoms with van der Waals surface area (Å²) in [5, 5.41) is 5.39. The number of fused-ring (bicyclic) bond motifs is 2. The van der Waals surface area contributed by atoms with E-state index in [0.717, 1.165) is 36.1 Å². The number of nitrogens with one attached hydrogen (secondary N) is 4. The summed E-state index contributed by atoms with van der Waals surface area (Å²) in [7, 11) is 2.54. The number of likely N-dealkylation sites (tertiary alicyclic amines) is 2. The Hall–Kier alpha value is -5.93. The highest BCUT2D eigenvalue weighted by Crippen LogP contribution is 2.42. The summed E-state index contributed by atoms with van der Waals surface area (Å²) in [5.74, 6) is 1.28. The first-order valence-electron chi connectivity index (χ1n) is 19.9. The number of aromatic nitrogens is 4. The molecule has 5 heterocycles. The molecule has 308 valence electrons. The fourth-order valence-corrected chi connectivity index (χ4v) is 8.21. The second kappa shape index (κ2) is 16.9. The van der Waals surface area contributed by atoms with Crippen LogP contribution in [0.25, 0.3) is 22.6 Å². The predicted molar refractivity (Wildman–Crippen MR) is 211 cm³/mol. The average Bonchev–Trinajstić information content (AvgIpc) is 4.06. The Bertz CT molecular complexity index is 2190. The largest absolute Gasteiger partial charge is 0.457 e. The van der Waals surface area contributed by atoms with Gasteiger partial charge in [-0.25, -0.2) is 23.9 Å². The zero-order valence-electron chi connectivity index (χ0n) is 33.7. The van der Waals surface area contributed by atoms with E-state index < -0.39 is 30.1 Å². The van der Waals surface area contributed by atoms with Crippen molar-refractivity contribution in [2.45, 2.75) is 90.4 Å². The Morgan fingerprint density at radius 2 is 1.52 bits per heavy atom. The minimum atomic E-state index is -0.764. The van der Waals surface area contributed by atoms with Gasteiger partial charge in [-0.05, 0) is 67.9 Å². The quantitative estimate of drug-likeness (QED) is 0.112. The fourth-order valence-electron chi connectivity index (χ4n) is 8.21. The number of imidazole rings is 2. The van der Waals surface area contributed by atoms with Crippen LogP contribution in [0.2, 0.25) is 0 Å². The number of hydrogen-bond acceptors (Lipinski definition) is 9. The van der Waals surface area contributed by atoms with Crippen molar-refractivity contribution >= 4 is 24.0 Å². The highest BCUT2D eigenvalue weighted by atomic mass is 19.1. The van der Waals surface area contributed by atoms with Crippen LogP contribution in [0.4, 0.5) is 14.0 Å². The van der Waals surface area contributed by atoms with Gasteiger partial charge in [-0.2, -0.15) is 0 Å². The molecular weight excluding hydrogens is 748 g/mol. The molecule has 4 amide bonds. The van der Waals surface area contributed by atoms with Gasteiger partial charge in [0.25, 0.3) is 0 Å². The minimum Gasteiger partial charge on any atom is -0.457 e. The number of alkyl carbamates (subject to hydrolysis) is 2. The molecule has 4 aromatic rings. The van der Waals surface area contributed by atoms with Crippen LogP contribution in [-0.2, 0) is 25.5 Å². The lowest BCUT2D eigenvalue weighted by Gasteiger charge is -2.31. The Labute approximate surface area is 336 Å². The molecule has 2 fully saturated rings. The molecule has 58 heavy (non-hydrogen) atoms. The van der Waals surface area contributed by atoms with E-state index >= 15 is 4.39 Å². The number of halogens is 1. The maximum Gasteiger partial charge on any atom is 0.407 e. The Morgan fingerprint density at radius 1 is 0.862 bits per heavy atom. The van der Waals surface area contributed by atoms with E-state index in [0.29, 0.717) is 72.3 Å². The monoisotopic (exact) mass is 798 g/mol. The number of methoxy groups -OCH3 is 2. The summed E-state index contributed by atoms with van der Waals surface area (Å²) >= 11 is 0. The van der Waals surface area contributed by atoms with Crippen LogP contribution in [0.15, 0.2) is 42.7 Å². The van der Waals surface area contributed by atoms with Gasteiger partial charge in [0.2, 0.25) is 11.8 Å². The summed E-state index contributed by atoms with van der Waals surface area (Å²) in [5.41, 5.74) is 3.93. The van der Waals surface area contributed by atoms with Gasteiger partial charge in [0.05, 0.1) is 50.1 Å². The van der Waals surface area contributed by atoms with Crippen LogP contribution in [0.3, 0.4) is 0 Å². The number of benzene rings is 2. The van der Waals surface area contributed by atoms with Crippen molar-refractivity contribution in [2.24, 2.45) is 11.8 Å². The van der Waals surface area contributed by atoms with Gasteiger partial charge in [0.15, 0.2) is 0 Å². The van der Waals surface area contributed by atoms with Crippen LogP contribution >= 0.6 is 0 Å². The Balaban J connectivity index is 1.05. The summed E-state index contributed by atoms with van der Waals surface area (Å²) in [4.78, 5) is 70.9. The molecule has 0 aliphatic carbocycles. The van der Waals surface area contributed by atoms with Gasteiger partial charge in [0.1, 0.15) is 41.0 Å². The topological polar surface area (TPSA) is 184 Å². The molecule has 4 N–H and O–H groups in total. The third kappa shape index (κ3) is 7.96. The standard InChI is InChI=1S/C42H51FN8O7/c1-7-23(4)36(49-42(55)57-6)40(53)50-14-8-10-31(50)30-21-44-37(47-30)24-12-13-33-25(16-24)17-26-18-28(43)27(19-34(26)58-33)29-20-45-38(46-29)32-11-9-15-51(32)39(52)35(22(2)3)48-41(54)56-5/h12-13,16,18-23,31-32,35-36H,7-11,14-15,17H2,1-6H3,(H,44,47)(H,45,46)(H,48,54)(H,49,55)/t23-,31-,32-,35-,36-/m0/s1. The van der Waals surface area contributed by atoms with E-state index in [1.165, 1.54) is 20.3 Å². The number of nitrogens with zero attached hydrogens (tertiary/aromatic N) is 4. The lowest BCUT2D eigenvalue weighted by atomic mass is 9.96. The number of carbonyl (C=O) groups is 4. The van der Waals surface area contributed by atoms with Crippen LogP contribution in [0, 0.1) is 17.7 Å². The molecule has 0 unspecified atom stereocenters. The summed E-state index contributed by atoms with van der Waals surface area (Å²) in [6, 6.07) is 6.87. The molecule has 0 saturated carbocycles. The maximum absolute atomic E-state index is 15.9. The van der Waals surface area contributed by atoms with Crippen molar-refractivity contribution in [2.75, 3.05) is 27.3 Å². The summed E-state index contributed by atoms with van der Waals surface area (Å²) in [6.45, 7) is 8.71. The van der Waals surface area contributed by atoms with Crippen molar-refractivity contribution < 1.29 is 37.8 Å². The van der Waals surface area contributed by atoms with Crippen molar-refractivity contribution in [1.29, 1.82) is 0 Å². The number of amides is 4. The van der Waals surface area contributed by atoms with E-state index in [9.17, 15) is 19.2 Å². The van der Waals surface area contributed by atoms with E-state index in [4.69, 9.17) is 14.2 Å². The highest BCUT2D eigenvalue weighted by molar-refractivity contribution is 5.87. The van der Waals surface area contributed by atoms with Crippen molar-refractivity contribution in [3.63, 3.8) is 0 Å². The fraction of sp³-hybridized carbons (Fsp3) is 0.476. The number of rotatable bonds is 11. The smallest absolute Gasteiger partial charge is 0.407 e. The molecule has 2 saturated heterocycles. The maximum atomic E-state index is 15.9. The van der Waals surface area contributed by atoms with E-state index in [-0.39, 0.29) is 35.7 Å². The molecule has 2 aromatic heterocycles. The number of hydrogen-bond donors (Lipinski definition) is 4. The first kappa shape index (κ1) is 40.3. The number of H-pyrrole nitrogens is 2. The number of aromatic amines is 2. The van der Waals surface area contributed by atoms with E-state index in [2.05, 4.69) is 30.6 Å². The zero-order valence-corrected chi connectivity index (χ0v) is 33.7. The van der Waals surface area contributed by atoms with Gasteiger partial charge < -0.3 is 44.6 Å². The number of carbonyl (C=O) groups excluding carboxylic acids is 4. The Kier molecular flexibility index (Phi) is 11.7. The van der Waals surface area contributed by atoms with Crippen molar-refractivity contribution in [3.8, 4) is 34.1 Å². The molecule has 7 rings (SSSR count). The SMILES string of the molecule is CC[C@H](C)[C@H](NC(=O)OC)C(=O)N1CCC[C@H]1c1cnc(-c2ccc3c(c2)Cc2cc(F)c(-c4cnc([C@@H]5CCCN5C(=O)[C@@H](NC(=O)OC)C(C)C)[nH]4)cc2O3)[nH]1. The lowest BCUT2D eigenvalue weighted by molar-refractivity contribution is -0.136. The summed E-state index contributed by atoms with van der Waals surface area (Å²) < 4.78 is 31.7. The molecule has 0 bridgehead atoms. The van der Waals surface area contributed by atoms with Gasteiger partial charge in [0, 0.05) is 41.8 Å². The first-order valence-corrected chi connectivity index (χ1v) is 19.9. The van der Waals surface area contributed by atoms with Gasteiger partial charge in [-0.15, -0.1) is 0 Å². The zero-order chi connectivity index (χ0) is 41.2. The molecule has 15 nitrogen and oxygen atoms in total. The molecule has 0 spiro atoms. The molecule has 0 radical (unpaired) electrons. The molecule has 2 aromatic carbocycles. The average molecular weight is 799 g/mol. The molecular formula is C42H51FN8O7. The predicted octanol–water partition coefficient (Wildman–Crippen LogP) is 6.78. The van der Waals surface area contributed by atoms with Gasteiger partial charge >= 0.3 is 12.2 Å². The first-order chi connectivity index (χ1) is 27.9. The van der Waals surface area contributed by atoms with Crippen LogP contribution in [0.1, 0.15) is 94.5 Å². The Morgan fingerprint density at radius 3 is 2.21 bits per heavy atom.